The first kappa shape index (κ1) is 9.47. The summed E-state index contributed by atoms with van der Waals surface area (Å²) in [5.74, 6) is 0. The van der Waals surface area contributed by atoms with E-state index in [-0.39, 0.29) is 0 Å². The Morgan fingerprint density at radius 1 is 1.31 bits per heavy atom. The van der Waals surface area contributed by atoms with E-state index in [1.165, 1.54) is 25.8 Å². The molecule has 1 saturated heterocycles. The minimum Gasteiger partial charge on any atom is -0.311 e. The third kappa shape index (κ3) is 1.62. The van der Waals surface area contributed by atoms with Gasteiger partial charge in [-0.1, -0.05) is 0 Å². The zero-order valence-corrected chi connectivity index (χ0v) is 9.14. The Kier molecular flexibility index (Phi) is 2.37. The molecule has 1 N–H and O–H groups in total. The molecule has 1 aliphatic carbocycles. The molecule has 2 atom stereocenters. The molecule has 1 saturated carbocycles. The van der Waals surface area contributed by atoms with E-state index in [0.717, 1.165) is 12.6 Å². The van der Waals surface area contributed by atoms with Gasteiger partial charge in [-0.3, -0.25) is 4.90 Å². The van der Waals surface area contributed by atoms with E-state index in [1.54, 1.807) is 0 Å². The zero-order valence-electron chi connectivity index (χ0n) is 9.14. The molecular formula is C11H22N2. The van der Waals surface area contributed by atoms with Crippen LogP contribution in [0.3, 0.4) is 0 Å². The minimum atomic E-state index is 0.537. The Morgan fingerprint density at radius 2 is 2.00 bits per heavy atom. The van der Waals surface area contributed by atoms with E-state index in [9.17, 15) is 0 Å². The average Bonchev–Trinajstić information content (AvgIpc) is 2.05. The molecular weight excluding hydrogens is 160 g/mol. The number of hydrogen-bond acceptors (Lipinski definition) is 2. The van der Waals surface area contributed by atoms with Gasteiger partial charge in [-0.25, -0.2) is 0 Å². The standard InChI is InChI=1S/C11H22N2/c1-9-8-13(10(2)7-12-9)11(3)5-4-6-11/h9-10,12H,4-8H2,1-3H3. The lowest BCUT2D eigenvalue weighted by molar-refractivity contribution is -0.0203. The first-order chi connectivity index (χ1) is 6.12. The predicted octanol–water partition coefficient (Wildman–Crippen LogP) is 1.61. The highest BCUT2D eigenvalue weighted by molar-refractivity contribution is 4.99. The molecule has 1 aliphatic heterocycles. The second-order valence-electron chi connectivity index (χ2n) is 5.16. The Hall–Kier alpha value is -0.0800. The van der Waals surface area contributed by atoms with Crippen LogP contribution in [0.4, 0.5) is 0 Å². The average molecular weight is 182 g/mol. The summed E-state index contributed by atoms with van der Waals surface area (Å²) in [6.45, 7) is 9.48. The van der Waals surface area contributed by atoms with Gasteiger partial charge in [0.2, 0.25) is 0 Å². The van der Waals surface area contributed by atoms with Gasteiger partial charge in [0.1, 0.15) is 0 Å². The van der Waals surface area contributed by atoms with Crippen molar-refractivity contribution in [2.24, 2.45) is 0 Å². The fraction of sp³-hybridized carbons (Fsp3) is 1.00. The highest BCUT2D eigenvalue weighted by Crippen LogP contribution is 2.38. The highest BCUT2D eigenvalue weighted by atomic mass is 15.3. The van der Waals surface area contributed by atoms with Crippen LogP contribution in [0.15, 0.2) is 0 Å². The Bertz CT molecular complexity index is 187. The topological polar surface area (TPSA) is 15.3 Å². The SMILES string of the molecule is CC1CN(C2(C)CCC2)C(C)CN1. The Morgan fingerprint density at radius 3 is 2.54 bits per heavy atom. The zero-order chi connectivity index (χ0) is 9.47. The van der Waals surface area contributed by atoms with Crippen molar-refractivity contribution in [3.63, 3.8) is 0 Å². The molecule has 13 heavy (non-hydrogen) atoms. The van der Waals surface area contributed by atoms with E-state index in [1.807, 2.05) is 0 Å². The fourth-order valence-electron chi connectivity index (χ4n) is 2.75. The van der Waals surface area contributed by atoms with Gasteiger partial charge in [0.15, 0.2) is 0 Å². The van der Waals surface area contributed by atoms with Crippen molar-refractivity contribution in [2.45, 2.75) is 57.7 Å². The molecule has 2 aliphatic rings. The maximum absolute atomic E-state index is 3.54. The largest absolute Gasteiger partial charge is 0.311 e. The van der Waals surface area contributed by atoms with Gasteiger partial charge in [0.25, 0.3) is 0 Å². The molecule has 0 bridgehead atoms. The Labute approximate surface area is 81.7 Å². The van der Waals surface area contributed by atoms with E-state index in [4.69, 9.17) is 0 Å². The van der Waals surface area contributed by atoms with Gasteiger partial charge >= 0.3 is 0 Å². The number of nitrogens with one attached hydrogen (secondary N) is 1. The van der Waals surface area contributed by atoms with E-state index in [0.29, 0.717) is 11.6 Å². The smallest absolute Gasteiger partial charge is 0.0198 e. The molecule has 0 spiro atoms. The summed E-state index contributed by atoms with van der Waals surface area (Å²) in [5, 5.41) is 3.54. The quantitative estimate of drug-likeness (QED) is 0.663. The summed E-state index contributed by atoms with van der Waals surface area (Å²) < 4.78 is 0. The number of rotatable bonds is 1. The second kappa shape index (κ2) is 3.25. The number of piperazine rings is 1. The van der Waals surface area contributed by atoms with Crippen LogP contribution in [0.25, 0.3) is 0 Å². The summed E-state index contributed by atoms with van der Waals surface area (Å²) >= 11 is 0. The summed E-state index contributed by atoms with van der Waals surface area (Å²) in [4.78, 5) is 2.72. The van der Waals surface area contributed by atoms with Crippen LogP contribution in [-0.4, -0.2) is 35.6 Å². The molecule has 0 amide bonds. The highest BCUT2D eigenvalue weighted by Gasteiger charge is 2.41. The van der Waals surface area contributed by atoms with Gasteiger partial charge in [0, 0.05) is 30.7 Å². The lowest BCUT2D eigenvalue weighted by Crippen LogP contribution is -2.64. The van der Waals surface area contributed by atoms with Crippen molar-refractivity contribution >= 4 is 0 Å². The predicted molar refractivity (Wildman–Crippen MR) is 55.9 cm³/mol. The van der Waals surface area contributed by atoms with Gasteiger partial charge in [-0.2, -0.15) is 0 Å². The molecule has 2 rings (SSSR count). The monoisotopic (exact) mass is 182 g/mol. The lowest BCUT2D eigenvalue weighted by atomic mass is 9.75. The summed E-state index contributed by atoms with van der Waals surface area (Å²) in [6, 6.07) is 1.40. The van der Waals surface area contributed by atoms with Crippen LogP contribution < -0.4 is 5.32 Å². The normalized spacial score (nSPS) is 39.9. The first-order valence-corrected chi connectivity index (χ1v) is 5.62. The third-order valence-corrected chi connectivity index (χ3v) is 3.89. The van der Waals surface area contributed by atoms with E-state index in [2.05, 4.69) is 31.0 Å². The first-order valence-electron chi connectivity index (χ1n) is 5.62. The van der Waals surface area contributed by atoms with Crippen LogP contribution >= 0.6 is 0 Å². The lowest BCUT2D eigenvalue weighted by Gasteiger charge is -2.53. The Balaban J connectivity index is 2.02. The van der Waals surface area contributed by atoms with Gasteiger partial charge < -0.3 is 5.32 Å². The maximum Gasteiger partial charge on any atom is 0.0198 e. The van der Waals surface area contributed by atoms with Crippen molar-refractivity contribution in [1.29, 1.82) is 0 Å². The summed E-state index contributed by atoms with van der Waals surface area (Å²) in [6.07, 6.45) is 4.25. The minimum absolute atomic E-state index is 0.537. The maximum atomic E-state index is 3.54. The van der Waals surface area contributed by atoms with Crippen molar-refractivity contribution in [3.8, 4) is 0 Å². The van der Waals surface area contributed by atoms with Crippen LogP contribution in [0.1, 0.15) is 40.0 Å². The molecule has 1 heterocycles. The van der Waals surface area contributed by atoms with E-state index < -0.39 is 0 Å². The molecule has 0 aromatic carbocycles. The molecule has 0 radical (unpaired) electrons. The fourth-order valence-corrected chi connectivity index (χ4v) is 2.75. The van der Waals surface area contributed by atoms with Crippen molar-refractivity contribution in [3.05, 3.63) is 0 Å². The van der Waals surface area contributed by atoms with Crippen LogP contribution in [-0.2, 0) is 0 Å². The van der Waals surface area contributed by atoms with Crippen LogP contribution in [0, 0.1) is 0 Å². The number of hydrogen-bond donors (Lipinski definition) is 1. The van der Waals surface area contributed by atoms with E-state index >= 15 is 0 Å². The van der Waals surface area contributed by atoms with Gasteiger partial charge in [0.05, 0.1) is 0 Å². The van der Waals surface area contributed by atoms with Gasteiger partial charge in [-0.05, 0) is 40.0 Å². The summed E-state index contributed by atoms with van der Waals surface area (Å²) in [5.41, 5.74) is 0.537. The summed E-state index contributed by atoms with van der Waals surface area (Å²) in [7, 11) is 0. The van der Waals surface area contributed by atoms with Crippen LogP contribution in [0.2, 0.25) is 0 Å². The van der Waals surface area contributed by atoms with Crippen molar-refractivity contribution in [2.75, 3.05) is 13.1 Å². The van der Waals surface area contributed by atoms with Crippen molar-refractivity contribution in [1.82, 2.24) is 10.2 Å². The number of nitrogens with zero attached hydrogens (tertiary/aromatic N) is 1. The molecule has 0 aromatic heterocycles. The van der Waals surface area contributed by atoms with Crippen LogP contribution in [0.5, 0.6) is 0 Å². The molecule has 2 unspecified atom stereocenters. The molecule has 0 aromatic rings. The molecule has 2 heteroatoms. The molecule has 2 nitrogen and oxygen atoms in total. The molecule has 76 valence electrons. The molecule has 2 fully saturated rings. The van der Waals surface area contributed by atoms with Crippen molar-refractivity contribution < 1.29 is 0 Å². The second-order valence-corrected chi connectivity index (χ2v) is 5.16. The van der Waals surface area contributed by atoms with Gasteiger partial charge in [-0.15, -0.1) is 0 Å². The third-order valence-electron chi connectivity index (χ3n) is 3.89.